The molecule has 0 atom stereocenters. The zero-order valence-corrected chi connectivity index (χ0v) is 30.2. The molecule has 0 N–H and O–H groups in total. The molecule has 0 saturated heterocycles. The number of esters is 1. The molecule has 0 heterocycles. The van der Waals surface area contributed by atoms with Crippen LogP contribution in [0.5, 0.6) is 0 Å². The van der Waals surface area contributed by atoms with Gasteiger partial charge in [0.2, 0.25) is 0 Å². The van der Waals surface area contributed by atoms with E-state index < -0.39 is 0 Å². The second-order valence-electron chi connectivity index (χ2n) is 13.7. The fourth-order valence-corrected chi connectivity index (χ4v) is 6.30. The highest BCUT2D eigenvalue weighted by Gasteiger charge is 2.17. The first kappa shape index (κ1) is 42.4. The molecule has 3 nitrogen and oxygen atoms in total. The van der Waals surface area contributed by atoms with Crippen molar-refractivity contribution in [3.8, 4) is 0 Å². The SMILES string of the molecule is CCCCCCCCCC(CCCCCCCCC)OCC(=O)OC(CCCCCCCCC)CCCCCCCCC. The Labute approximate surface area is 271 Å². The molecule has 43 heavy (non-hydrogen) atoms. The molecule has 0 bridgehead atoms. The van der Waals surface area contributed by atoms with E-state index in [0.717, 1.165) is 25.7 Å². The molecule has 0 aromatic carbocycles. The van der Waals surface area contributed by atoms with Crippen LogP contribution in [0.3, 0.4) is 0 Å². The second kappa shape index (κ2) is 35.9. The number of carbonyl (C=O) groups excluding carboxylic acids is 1. The van der Waals surface area contributed by atoms with Crippen LogP contribution in [0.15, 0.2) is 0 Å². The Morgan fingerprint density at radius 3 is 0.930 bits per heavy atom. The van der Waals surface area contributed by atoms with Crippen LogP contribution in [0.2, 0.25) is 0 Å². The average molecular weight is 609 g/mol. The number of ether oxygens (including phenoxy) is 2. The fraction of sp³-hybridized carbons (Fsp3) is 0.975. The van der Waals surface area contributed by atoms with Crippen LogP contribution in [-0.2, 0) is 14.3 Å². The summed E-state index contributed by atoms with van der Waals surface area (Å²) in [6.07, 6.45) is 41.3. The molecule has 0 fully saturated rings. The maximum absolute atomic E-state index is 13.0. The van der Waals surface area contributed by atoms with Gasteiger partial charge in [-0.1, -0.05) is 195 Å². The molecule has 0 unspecified atom stereocenters. The van der Waals surface area contributed by atoms with Crippen LogP contribution in [-0.4, -0.2) is 24.8 Å². The molecule has 0 aliphatic heterocycles. The number of unbranched alkanes of at least 4 members (excludes halogenated alkanes) is 24. The minimum atomic E-state index is -0.125. The van der Waals surface area contributed by atoms with E-state index in [9.17, 15) is 4.79 Å². The molecule has 3 heteroatoms. The Hall–Kier alpha value is -0.570. The first-order valence-electron chi connectivity index (χ1n) is 20.0. The normalized spacial score (nSPS) is 11.7. The van der Waals surface area contributed by atoms with Gasteiger partial charge >= 0.3 is 5.97 Å². The Morgan fingerprint density at radius 2 is 0.628 bits per heavy atom. The first-order valence-corrected chi connectivity index (χ1v) is 20.0. The standard InChI is InChI=1S/C40H80O3/c1-5-9-13-17-21-25-29-33-38(34-30-26-22-18-14-10-6-2)42-37-40(41)43-39(35-31-27-23-19-15-11-7-3)36-32-28-24-20-16-12-8-4/h38-39H,5-37H2,1-4H3. The molecule has 0 radical (unpaired) electrons. The van der Waals surface area contributed by atoms with Crippen molar-refractivity contribution < 1.29 is 14.3 Å². The lowest BCUT2D eigenvalue weighted by atomic mass is 10.0. The van der Waals surface area contributed by atoms with Crippen molar-refractivity contribution >= 4 is 5.97 Å². The van der Waals surface area contributed by atoms with E-state index in [1.54, 1.807) is 0 Å². The Bertz CT molecular complexity index is 498. The van der Waals surface area contributed by atoms with Crippen LogP contribution in [0.4, 0.5) is 0 Å². The van der Waals surface area contributed by atoms with Gasteiger partial charge in [0.15, 0.2) is 0 Å². The summed E-state index contributed by atoms with van der Waals surface area (Å²) in [5, 5.41) is 0. The van der Waals surface area contributed by atoms with E-state index in [-0.39, 0.29) is 24.8 Å². The van der Waals surface area contributed by atoms with Crippen molar-refractivity contribution in [1.82, 2.24) is 0 Å². The highest BCUT2D eigenvalue weighted by Crippen LogP contribution is 2.20. The van der Waals surface area contributed by atoms with Crippen LogP contribution in [0, 0.1) is 0 Å². The summed E-state index contributed by atoms with van der Waals surface area (Å²) in [5.41, 5.74) is 0. The molecule has 0 aliphatic rings. The third-order valence-electron chi connectivity index (χ3n) is 9.25. The quantitative estimate of drug-likeness (QED) is 0.0524. The van der Waals surface area contributed by atoms with Gasteiger partial charge in [0.05, 0.1) is 6.10 Å². The van der Waals surface area contributed by atoms with Gasteiger partial charge in [0.25, 0.3) is 0 Å². The minimum absolute atomic E-state index is 0.0760. The van der Waals surface area contributed by atoms with Crippen molar-refractivity contribution in [3.05, 3.63) is 0 Å². The van der Waals surface area contributed by atoms with Crippen LogP contribution >= 0.6 is 0 Å². The van der Waals surface area contributed by atoms with Crippen LogP contribution in [0.25, 0.3) is 0 Å². The van der Waals surface area contributed by atoms with E-state index in [1.807, 2.05) is 0 Å². The Kier molecular flexibility index (Phi) is 35.4. The summed E-state index contributed by atoms with van der Waals surface area (Å²) >= 11 is 0. The van der Waals surface area contributed by atoms with Gasteiger partial charge in [-0.2, -0.15) is 0 Å². The maximum atomic E-state index is 13.0. The van der Waals surface area contributed by atoms with Gasteiger partial charge in [-0.25, -0.2) is 4.79 Å². The Balaban J connectivity index is 4.61. The zero-order chi connectivity index (χ0) is 31.5. The van der Waals surface area contributed by atoms with Crippen molar-refractivity contribution in [2.24, 2.45) is 0 Å². The highest BCUT2D eigenvalue weighted by atomic mass is 16.6. The summed E-state index contributed by atoms with van der Waals surface area (Å²) in [4.78, 5) is 13.0. The summed E-state index contributed by atoms with van der Waals surface area (Å²) < 4.78 is 12.4. The monoisotopic (exact) mass is 609 g/mol. The molecular weight excluding hydrogens is 528 g/mol. The zero-order valence-electron chi connectivity index (χ0n) is 30.2. The first-order chi connectivity index (χ1) is 21.2. The lowest BCUT2D eigenvalue weighted by Crippen LogP contribution is -2.25. The summed E-state index contributed by atoms with van der Waals surface area (Å²) in [6, 6.07) is 0. The van der Waals surface area contributed by atoms with Crippen LogP contribution in [0.1, 0.15) is 233 Å². The van der Waals surface area contributed by atoms with E-state index in [4.69, 9.17) is 9.47 Å². The third-order valence-corrected chi connectivity index (χ3v) is 9.25. The van der Waals surface area contributed by atoms with Gasteiger partial charge in [-0.05, 0) is 38.5 Å². The molecule has 0 aromatic rings. The van der Waals surface area contributed by atoms with Gasteiger partial charge in [0.1, 0.15) is 12.7 Å². The molecule has 0 aliphatic carbocycles. The third kappa shape index (κ3) is 32.6. The van der Waals surface area contributed by atoms with Gasteiger partial charge in [-0.15, -0.1) is 0 Å². The molecule has 0 spiro atoms. The largest absolute Gasteiger partial charge is 0.461 e. The number of hydrogen-bond donors (Lipinski definition) is 0. The average Bonchev–Trinajstić information content (AvgIpc) is 3.01. The summed E-state index contributed by atoms with van der Waals surface area (Å²) in [7, 11) is 0. The summed E-state index contributed by atoms with van der Waals surface area (Å²) in [5.74, 6) is -0.125. The second-order valence-corrected chi connectivity index (χ2v) is 13.7. The number of hydrogen-bond acceptors (Lipinski definition) is 3. The molecule has 0 aromatic heterocycles. The molecular formula is C40H80O3. The molecule has 0 saturated carbocycles. The van der Waals surface area contributed by atoms with Crippen molar-refractivity contribution in [1.29, 1.82) is 0 Å². The molecule has 258 valence electrons. The van der Waals surface area contributed by atoms with Crippen molar-refractivity contribution in [2.45, 2.75) is 245 Å². The van der Waals surface area contributed by atoms with E-state index >= 15 is 0 Å². The maximum Gasteiger partial charge on any atom is 0.332 e. The molecule has 0 amide bonds. The highest BCUT2D eigenvalue weighted by molar-refractivity contribution is 5.70. The van der Waals surface area contributed by atoms with E-state index in [1.165, 1.54) is 180 Å². The number of carbonyl (C=O) groups is 1. The van der Waals surface area contributed by atoms with Crippen molar-refractivity contribution in [2.75, 3.05) is 6.61 Å². The minimum Gasteiger partial charge on any atom is -0.461 e. The smallest absolute Gasteiger partial charge is 0.332 e. The van der Waals surface area contributed by atoms with Gasteiger partial charge < -0.3 is 9.47 Å². The predicted octanol–water partition coefficient (Wildman–Crippen LogP) is 13.8. The topological polar surface area (TPSA) is 35.5 Å². The lowest BCUT2D eigenvalue weighted by molar-refractivity contribution is -0.157. The van der Waals surface area contributed by atoms with Gasteiger partial charge in [-0.3, -0.25) is 0 Å². The number of rotatable bonds is 36. The predicted molar refractivity (Wildman–Crippen MR) is 190 cm³/mol. The van der Waals surface area contributed by atoms with E-state index in [0.29, 0.717) is 0 Å². The van der Waals surface area contributed by atoms with Crippen molar-refractivity contribution in [3.63, 3.8) is 0 Å². The van der Waals surface area contributed by atoms with Crippen LogP contribution < -0.4 is 0 Å². The summed E-state index contributed by atoms with van der Waals surface area (Å²) in [6.45, 7) is 9.26. The van der Waals surface area contributed by atoms with Gasteiger partial charge in [0, 0.05) is 0 Å². The Morgan fingerprint density at radius 1 is 0.372 bits per heavy atom. The van der Waals surface area contributed by atoms with E-state index in [2.05, 4.69) is 27.7 Å². The fourth-order valence-electron chi connectivity index (χ4n) is 6.30. The molecule has 0 rings (SSSR count). The lowest BCUT2D eigenvalue weighted by Gasteiger charge is -2.21.